The molecule has 0 radical (unpaired) electrons. The van der Waals surface area contributed by atoms with Gasteiger partial charge in [-0.2, -0.15) is 0 Å². The molecule has 19 heavy (non-hydrogen) atoms. The Balaban J connectivity index is 2.23. The van der Waals surface area contributed by atoms with Crippen LogP contribution in [0.15, 0.2) is 29.3 Å². The molecule has 102 valence electrons. The molecule has 0 saturated carbocycles. The lowest BCUT2D eigenvalue weighted by molar-refractivity contribution is 0.200. The van der Waals surface area contributed by atoms with E-state index in [1.165, 1.54) is 0 Å². The van der Waals surface area contributed by atoms with E-state index < -0.39 is 0 Å². The number of aromatic nitrogens is 2. The largest absolute Gasteiger partial charge is 0.385 e. The van der Waals surface area contributed by atoms with Crippen molar-refractivity contribution in [2.75, 3.05) is 31.3 Å². The first-order valence-corrected chi connectivity index (χ1v) is 7.46. The summed E-state index contributed by atoms with van der Waals surface area (Å²) in [5.41, 5.74) is 0.989. The molecule has 1 aromatic heterocycles. The fourth-order valence-electron chi connectivity index (χ4n) is 1.77. The lowest BCUT2D eigenvalue weighted by Crippen LogP contribution is -2.03. The van der Waals surface area contributed by atoms with Crippen molar-refractivity contribution in [3.63, 3.8) is 0 Å². The molecular weight excluding hydrogens is 258 g/mol. The van der Waals surface area contributed by atoms with E-state index in [0.717, 1.165) is 41.3 Å². The predicted molar refractivity (Wildman–Crippen MR) is 80.9 cm³/mol. The highest BCUT2D eigenvalue weighted by atomic mass is 32.2. The first-order chi connectivity index (χ1) is 9.35. The fourth-order valence-corrected chi connectivity index (χ4v) is 2.70. The van der Waals surface area contributed by atoms with Gasteiger partial charge in [-0.1, -0.05) is 18.2 Å². The van der Waals surface area contributed by atoms with Crippen LogP contribution < -0.4 is 5.32 Å². The molecule has 0 saturated heterocycles. The van der Waals surface area contributed by atoms with E-state index in [-0.39, 0.29) is 0 Å². The smallest absolute Gasteiger partial charge is 0.224 e. The summed E-state index contributed by atoms with van der Waals surface area (Å²) in [6.07, 6.45) is 1.02. The van der Waals surface area contributed by atoms with Crippen LogP contribution in [0.2, 0.25) is 0 Å². The average Bonchev–Trinajstić information content (AvgIpc) is 2.44. The Bertz CT molecular complexity index is 533. The van der Waals surface area contributed by atoms with Crippen LogP contribution >= 0.6 is 11.8 Å². The van der Waals surface area contributed by atoms with Crippen LogP contribution in [0.25, 0.3) is 10.9 Å². The van der Waals surface area contributed by atoms with Crippen LogP contribution in [0.4, 0.5) is 5.95 Å². The quantitative estimate of drug-likeness (QED) is 0.478. The van der Waals surface area contributed by atoms with Crippen LogP contribution in [-0.4, -0.2) is 36.0 Å². The van der Waals surface area contributed by atoms with Gasteiger partial charge in [0.1, 0.15) is 5.03 Å². The Hall–Kier alpha value is -1.33. The number of para-hydroxylation sites is 1. The Labute approximate surface area is 118 Å². The van der Waals surface area contributed by atoms with Crippen molar-refractivity contribution in [3.05, 3.63) is 24.3 Å². The van der Waals surface area contributed by atoms with Crippen molar-refractivity contribution >= 4 is 28.6 Å². The molecule has 5 heteroatoms. The van der Waals surface area contributed by atoms with Crippen molar-refractivity contribution in [1.82, 2.24) is 9.97 Å². The summed E-state index contributed by atoms with van der Waals surface area (Å²) < 4.78 is 5.07. The number of nitrogens with one attached hydrogen (secondary N) is 1. The third-order valence-electron chi connectivity index (χ3n) is 2.63. The summed E-state index contributed by atoms with van der Waals surface area (Å²) in [6, 6.07) is 8.13. The number of hydrogen-bond donors (Lipinski definition) is 1. The fraction of sp³-hybridized carbons (Fsp3) is 0.429. The first kappa shape index (κ1) is 14.1. The van der Waals surface area contributed by atoms with Crippen LogP contribution in [0.1, 0.15) is 13.3 Å². The summed E-state index contributed by atoms with van der Waals surface area (Å²) in [7, 11) is 1.73. The zero-order valence-electron chi connectivity index (χ0n) is 11.3. The van der Waals surface area contributed by atoms with Gasteiger partial charge in [0.2, 0.25) is 5.95 Å². The van der Waals surface area contributed by atoms with E-state index in [2.05, 4.69) is 21.4 Å². The molecule has 0 aliphatic heterocycles. The average molecular weight is 277 g/mol. The molecule has 0 unspecified atom stereocenters. The number of methoxy groups -OCH3 is 1. The van der Waals surface area contributed by atoms with Crippen LogP contribution in [-0.2, 0) is 4.74 Å². The summed E-state index contributed by atoms with van der Waals surface area (Å²) in [5, 5.41) is 5.34. The number of nitrogens with zero attached hydrogens (tertiary/aromatic N) is 2. The van der Waals surface area contributed by atoms with Gasteiger partial charge in [-0.3, -0.25) is 0 Å². The van der Waals surface area contributed by atoms with Gasteiger partial charge < -0.3 is 10.1 Å². The molecule has 1 N–H and O–H groups in total. The van der Waals surface area contributed by atoms with E-state index in [9.17, 15) is 0 Å². The van der Waals surface area contributed by atoms with Gasteiger partial charge in [-0.05, 0) is 19.4 Å². The van der Waals surface area contributed by atoms with E-state index in [1.807, 2.05) is 25.1 Å². The number of ether oxygens (including phenoxy) is 1. The molecule has 0 spiro atoms. The predicted octanol–water partition coefficient (Wildman–Crippen LogP) is 3.19. The first-order valence-electron chi connectivity index (χ1n) is 6.47. The maximum Gasteiger partial charge on any atom is 0.224 e. The summed E-state index contributed by atoms with van der Waals surface area (Å²) >= 11 is 1.76. The zero-order valence-corrected chi connectivity index (χ0v) is 12.2. The highest BCUT2D eigenvalue weighted by molar-refractivity contribution is 7.99. The highest BCUT2D eigenvalue weighted by Crippen LogP contribution is 2.26. The van der Waals surface area contributed by atoms with Crippen LogP contribution in [0.3, 0.4) is 0 Å². The second-order valence-electron chi connectivity index (χ2n) is 4.09. The molecule has 2 aromatic rings. The molecule has 0 aliphatic rings. The molecule has 0 fully saturated rings. The SMILES string of the molecule is CCNc1nc(SCCCOC)c2ccccc2n1. The minimum Gasteiger partial charge on any atom is -0.385 e. The number of benzene rings is 1. The van der Waals surface area contributed by atoms with Gasteiger partial charge in [0, 0.05) is 31.4 Å². The standard InChI is InChI=1S/C14H19N3OS/c1-3-15-14-16-12-8-5-4-7-11(12)13(17-14)19-10-6-9-18-2/h4-5,7-8H,3,6,9-10H2,1-2H3,(H,15,16,17). The minimum atomic E-state index is 0.704. The summed E-state index contributed by atoms with van der Waals surface area (Å²) in [6.45, 7) is 3.66. The van der Waals surface area contributed by atoms with Gasteiger partial charge in [-0.25, -0.2) is 9.97 Å². The number of hydrogen-bond acceptors (Lipinski definition) is 5. The number of thioether (sulfide) groups is 1. The highest BCUT2D eigenvalue weighted by Gasteiger charge is 2.07. The van der Waals surface area contributed by atoms with E-state index in [0.29, 0.717) is 5.95 Å². The molecule has 0 atom stereocenters. The van der Waals surface area contributed by atoms with Crippen LogP contribution in [0, 0.1) is 0 Å². The van der Waals surface area contributed by atoms with Gasteiger partial charge in [0.15, 0.2) is 0 Å². The topological polar surface area (TPSA) is 47.0 Å². The molecule has 0 aliphatic carbocycles. The van der Waals surface area contributed by atoms with Crippen molar-refractivity contribution in [2.24, 2.45) is 0 Å². The Morgan fingerprint density at radius 2 is 2.11 bits per heavy atom. The molecule has 4 nitrogen and oxygen atoms in total. The third kappa shape index (κ3) is 3.81. The number of rotatable bonds is 7. The van der Waals surface area contributed by atoms with E-state index in [4.69, 9.17) is 4.74 Å². The zero-order chi connectivity index (χ0) is 13.5. The number of fused-ring (bicyclic) bond motifs is 1. The van der Waals surface area contributed by atoms with Crippen molar-refractivity contribution in [2.45, 2.75) is 18.4 Å². The third-order valence-corrected chi connectivity index (χ3v) is 3.71. The maximum absolute atomic E-state index is 5.07. The van der Waals surface area contributed by atoms with E-state index in [1.54, 1.807) is 18.9 Å². The monoisotopic (exact) mass is 277 g/mol. The van der Waals surface area contributed by atoms with Crippen molar-refractivity contribution in [1.29, 1.82) is 0 Å². The Morgan fingerprint density at radius 1 is 1.26 bits per heavy atom. The molecule has 0 amide bonds. The lowest BCUT2D eigenvalue weighted by Gasteiger charge is -2.08. The van der Waals surface area contributed by atoms with Gasteiger partial charge >= 0.3 is 0 Å². The maximum atomic E-state index is 5.07. The van der Waals surface area contributed by atoms with Crippen molar-refractivity contribution < 1.29 is 4.74 Å². The molecule has 0 bridgehead atoms. The Kier molecular flexibility index (Phi) is 5.42. The molecule has 2 rings (SSSR count). The van der Waals surface area contributed by atoms with Gasteiger partial charge in [0.05, 0.1) is 5.52 Å². The van der Waals surface area contributed by atoms with Crippen LogP contribution in [0.5, 0.6) is 0 Å². The lowest BCUT2D eigenvalue weighted by atomic mass is 10.2. The summed E-state index contributed by atoms with van der Waals surface area (Å²) in [5.74, 6) is 1.70. The second kappa shape index (κ2) is 7.31. The number of anilines is 1. The van der Waals surface area contributed by atoms with Gasteiger partial charge in [-0.15, -0.1) is 11.8 Å². The normalized spacial score (nSPS) is 10.8. The Morgan fingerprint density at radius 3 is 2.89 bits per heavy atom. The van der Waals surface area contributed by atoms with Gasteiger partial charge in [0.25, 0.3) is 0 Å². The van der Waals surface area contributed by atoms with Crippen molar-refractivity contribution in [3.8, 4) is 0 Å². The second-order valence-corrected chi connectivity index (χ2v) is 5.18. The summed E-state index contributed by atoms with van der Waals surface area (Å²) in [4.78, 5) is 9.10. The minimum absolute atomic E-state index is 0.704. The van der Waals surface area contributed by atoms with E-state index >= 15 is 0 Å². The molecule has 1 aromatic carbocycles. The molecule has 1 heterocycles. The molecular formula is C14H19N3OS.